The van der Waals surface area contributed by atoms with Crippen LogP contribution in [0.1, 0.15) is 0 Å². The van der Waals surface area contributed by atoms with Crippen molar-refractivity contribution in [3.63, 3.8) is 0 Å². The lowest BCUT2D eigenvalue weighted by molar-refractivity contribution is -0.129. The minimum absolute atomic E-state index is 0.0395. The summed E-state index contributed by atoms with van der Waals surface area (Å²) in [4.78, 5) is 11.8. The minimum atomic E-state index is -3.98. The van der Waals surface area contributed by atoms with Gasteiger partial charge >= 0.3 is 16.1 Å². The number of carbonyl (C=O) groups excluding carboxylic acids is 1. The summed E-state index contributed by atoms with van der Waals surface area (Å²) in [5, 5.41) is 0. The first-order chi connectivity index (χ1) is 14.5. The molecule has 0 aliphatic carbocycles. The molecule has 8 heteroatoms. The largest absolute Gasteiger partial charge is 0.504 e. The number of carbonyl (C=O) groups is 1. The van der Waals surface area contributed by atoms with E-state index in [1.54, 1.807) is 54.6 Å². The SMILES string of the molecule is COC=CC(=O)Oc1ccccc1Oc1cccc(OS(=O)(=O)c2ccccc2)c1. The van der Waals surface area contributed by atoms with E-state index in [1.807, 2.05) is 0 Å². The Balaban J connectivity index is 1.78. The molecule has 3 aromatic carbocycles. The molecule has 154 valence electrons. The summed E-state index contributed by atoms with van der Waals surface area (Å²) in [5.74, 6) is 0.186. The lowest BCUT2D eigenvalue weighted by atomic mass is 10.3. The second kappa shape index (κ2) is 9.62. The summed E-state index contributed by atoms with van der Waals surface area (Å²) in [6, 6.07) is 20.5. The van der Waals surface area contributed by atoms with Crippen molar-refractivity contribution >= 4 is 16.1 Å². The van der Waals surface area contributed by atoms with Crippen molar-refractivity contribution in [2.24, 2.45) is 0 Å². The fraction of sp³-hybridized carbons (Fsp3) is 0.0455. The summed E-state index contributed by atoms with van der Waals surface area (Å²) in [5.41, 5.74) is 0. The molecule has 0 fully saturated rings. The monoisotopic (exact) mass is 426 g/mol. The van der Waals surface area contributed by atoms with E-state index in [4.69, 9.17) is 13.7 Å². The van der Waals surface area contributed by atoms with Gasteiger partial charge in [-0.25, -0.2) is 4.79 Å². The van der Waals surface area contributed by atoms with Gasteiger partial charge in [-0.2, -0.15) is 8.42 Å². The Bertz CT molecular complexity index is 1140. The van der Waals surface area contributed by atoms with E-state index < -0.39 is 16.1 Å². The number of hydrogen-bond acceptors (Lipinski definition) is 7. The number of rotatable bonds is 8. The average Bonchev–Trinajstić information content (AvgIpc) is 2.74. The summed E-state index contributed by atoms with van der Waals surface area (Å²) in [6.07, 6.45) is 2.32. The van der Waals surface area contributed by atoms with Gasteiger partial charge in [0, 0.05) is 6.07 Å². The molecule has 0 aliphatic heterocycles. The maximum absolute atomic E-state index is 12.4. The second-order valence-corrected chi connectivity index (χ2v) is 7.38. The van der Waals surface area contributed by atoms with Crippen molar-refractivity contribution in [1.82, 2.24) is 0 Å². The van der Waals surface area contributed by atoms with Crippen LogP contribution in [0.25, 0.3) is 0 Å². The maximum atomic E-state index is 12.4. The van der Waals surface area contributed by atoms with Gasteiger partial charge in [-0.3, -0.25) is 0 Å². The highest BCUT2D eigenvalue weighted by molar-refractivity contribution is 7.87. The van der Waals surface area contributed by atoms with E-state index in [0.29, 0.717) is 5.75 Å². The highest BCUT2D eigenvalue weighted by Gasteiger charge is 2.17. The number of esters is 1. The summed E-state index contributed by atoms with van der Waals surface area (Å²) < 4.78 is 45.7. The lowest BCUT2D eigenvalue weighted by Crippen LogP contribution is -2.09. The maximum Gasteiger partial charge on any atom is 0.339 e. The number of ether oxygens (including phenoxy) is 3. The van der Waals surface area contributed by atoms with E-state index in [-0.39, 0.29) is 22.1 Å². The standard InChI is InChI=1S/C22H18O7S/c1-26-15-14-22(23)28-21-13-6-5-12-20(21)27-17-8-7-9-18(16-17)29-30(24,25)19-10-3-2-4-11-19/h2-16H,1H3. The van der Waals surface area contributed by atoms with Gasteiger partial charge in [0.25, 0.3) is 0 Å². The molecule has 0 spiro atoms. The van der Waals surface area contributed by atoms with Gasteiger partial charge in [0.05, 0.1) is 19.4 Å². The summed E-state index contributed by atoms with van der Waals surface area (Å²) >= 11 is 0. The van der Waals surface area contributed by atoms with Crippen LogP contribution >= 0.6 is 0 Å². The van der Waals surface area contributed by atoms with Gasteiger partial charge in [-0.1, -0.05) is 36.4 Å². The van der Waals surface area contributed by atoms with Crippen LogP contribution in [0.5, 0.6) is 23.0 Å². The van der Waals surface area contributed by atoms with Crippen LogP contribution in [-0.4, -0.2) is 21.5 Å². The van der Waals surface area contributed by atoms with Crippen molar-refractivity contribution in [2.45, 2.75) is 4.90 Å². The van der Waals surface area contributed by atoms with Gasteiger partial charge in [-0.05, 0) is 36.4 Å². The van der Waals surface area contributed by atoms with Gasteiger partial charge < -0.3 is 18.4 Å². The van der Waals surface area contributed by atoms with Crippen molar-refractivity contribution < 1.29 is 31.6 Å². The fourth-order valence-corrected chi connectivity index (χ4v) is 3.31. The quantitative estimate of drug-likeness (QED) is 0.174. The molecule has 7 nitrogen and oxygen atoms in total. The molecule has 3 aromatic rings. The first kappa shape index (κ1) is 20.9. The summed E-state index contributed by atoms with van der Waals surface area (Å²) in [6.45, 7) is 0. The van der Waals surface area contributed by atoms with Gasteiger partial charge in [0.1, 0.15) is 16.4 Å². The van der Waals surface area contributed by atoms with Crippen LogP contribution in [0, 0.1) is 0 Å². The van der Waals surface area contributed by atoms with E-state index in [1.165, 1.54) is 37.6 Å². The highest BCUT2D eigenvalue weighted by Crippen LogP contribution is 2.33. The van der Waals surface area contributed by atoms with Gasteiger partial charge in [0.2, 0.25) is 0 Å². The zero-order chi connectivity index (χ0) is 21.4. The first-order valence-corrected chi connectivity index (χ1v) is 10.2. The molecule has 0 saturated heterocycles. The van der Waals surface area contributed by atoms with Crippen LogP contribution in [0.15, 0.2) is 96.1 Å². The van der Waals surface area contributed by atoms with Crippen molar-refractivity contribution in [3.8, 4) is 23.0 Å². The fourth-order valence-electron chi connectivity index (χ4n) is 2.36. The van der Waals surface area contributed by atoms with Crippen LogP contribution in [0.2, 0.25) is 0 Å². The number of methoxy groups -OCH3 is 1. The molecule has 0 unspecified atom stereocenters. The van der Waals surface area contributed by atoms with Crippen LogP contribution < -0.4 is 13.7 Å². The normalized spacial score (nSPS) is 11.1. The molecule has 30 heavy (non-hydrogen) atoms. The van der Waals surface area contributed by atoms with E-state index in [2.05, 4.69) is 4.74 Å². The topological polar surface area (TPSA) is 88.1 Å². The third-order valence-electron chi connectivity index (χ3n) is 3.67. The van der Waals surface area contributed by atoms with Crippen molar-refractivity contribution in [1.29, 1.82) is 0 Å². The zero-order valence-electron chi connectivity index (χ0n) is 15.9. The Morgan fingerprint density at radius 3 is 2.23 bits per heavy atom. The van der Waals surface area contributed by atoms with E-state index in [0.717, 1.165) is 6.08 Å². The minimum Gasteiger partial charge on any atom is -0.504 e. The Labute approximate surface area is 174 Å². The average molecular weight is 426 g/mol. The molecular weight excluding hydrogens is 408 g/mol. The lowest BCUT2D eigenvalue weighted by Gasteiger charge is -2.12. The van der Waals surface area contributed by atoms with E-state index in [9.17, 15) is 13.2 Å². The summed E-state index contributed by atoms with van der Waals surface area (Å²) in [7, 11) is -2.57. The van der Waals surface area contributed by atoms with Crippen molar-refractivity contribution in [3.05, 3.63) is 91.2 Å². The molecule has 0 heterocycles. The molecule has 3 rings (SSSR count). The van der Waals surface area contributed by atoms with Crippen molar-refractivity contribution in [2.75, 3.05) is 7.11 Å². The molecule has 0 radical (unpaired) electrons. The smallest absolute Gasteiger partial charge is 0.339 e. The Kier molecular flexibility index (Phi) is 6.71. The van der Waals surface area contributed by atoms with Crippen LogP contribution in [0.3, 0.4) is 0 Å². The molecule has 0 atom stereocenters. The van der Waals surface area contributed by atoms with Gasteiger partial charge in [-0.15, -0.1) is 0 Å². The van der Waals surface area contributed by atoms with Gasteiger partial charge in [0.15, 0.2) is 11.5 Å². The Morgan fingerprint density at radius 2 is 1.50 bits per heavy atom. The molecule has 0 aliphatic rings. The van der Waals surface area contributed by atoms with Crippen LogP contribution in [-0.2, 0) is 19.6 Å². The molecule has 0 N–H and O–H groups in total. The van der Waals surface area contributed by atoms with Crippen LogP contribution in [0.4, 0.5) is 0 Å². The Hall–Kier alpha value is -3.78. The predicted molar refractivity (Wildman–Crippen MR) is 109 cm³/mol. The first-order valence-electron chi connectivity index (χ1n) is 8.75. The third-order valence-corrected chi connectivity index (χ3v) is 4.93. The van der Waals surface area contributed by atoms with E-state index >= 15 is 0 Å². The molecule has 0 amide bonds. The highest BCUT2D eigenvalue weighted by atomic mass is 32.2. The predicted octanol–water partition coefficient (Wildman–Crippen LogP) is 4.31. The Morgan fingerprint density at radius 1 is 0.833 bits per heavy atom. The third kappa shape index (κ3) is 5.62. The molecule has 0 bridgehead atoms. The molecular formula is C22H18O7S. The number of hydrogen-bond donors (Lipinski definition) is 0. The zero-order valence-corrected chi connectivity index (χ0v) is 16.7. The molecule has 0 aromatic heterocycles. The number of para-hydroxylation sites is 2. The number of benzene rings is 3. The molecule has 0 saturated carbocycles. The second-order valence-electron chi connectivity index (χ2n) is 5.83.